The predicted molar refractivity (Wildman–Crippen MR) is 152 cm³/mol. The molecule has 2 aromatic carbocycles. The monoisotopic (exact) mass is 524 g/mol. The van der Waals surface area contributed by atoms with E-state index in [9.17, 15) is 24.9 Å². The fourth-order valence-electron chi connectivity index (χ4n) is 4.72. The van der Waals surface area contributed by atoms with Crippen molar-refractivity contribution >= 4 is 17.8 Å². The Labute approximate surface area is 227 Å². The Morgan fingerprint density at radius 3 is 1.82 bits per heavy atom. The first-order valence-electron chi connectivity index (χ1n) is 14.0. The molecule has 0 aliphatic carbocycles. The summed E-state index contributed by atoms with van der Waals surface area (Å²) in [6, 6.07) is 11.7. The van der Waals surface area contributed by atoms with Crippen LogP contribution >= 0.6 is 0 Å². The van der Waals surface area contributed by atoms with Gasteiger partial charge in [0.25, 0.3) is 0 Å². The third kappa shape index (κ3) is 11.8. The van der Waals surface area contributed by atoms with Gasteiger partial charge in [0.2, 0.25) is 0 Å². The van der Waals surface area contributed by atoms with Crippen LogP contribution in [0.2, 0.25) is 0 Å². The van der Waals surface area contributed by atoms with E-state index in [1.165, 1.54) is 38.5 Å². The molecule has 0 saturated heterocycles. The van der Waals surface area contributed by atoms with Gasteiger partial charge >= 0.3 is 5.97 Å². The largest absolute Gasteiger partial charge is 0.508 e. The average molecular weight is 525 g/mol. The molecule has 0 aliphatic rings. The van der Waals surface area contributed by atoms with Gasteiger partial charge in [0.05, 0.1) is 0 Å². The van der Waals surface area contributed by atoms with Crippen LogP contribution in [0.3, 0.4) is 0 Å². The summed E-state index contributed by atoms with van der Waals surface area (Å²) in [5.41, 5.74) is 1.21. The van der Waals surface area contributed by atoms with Crippen LogP contribution in [-0.2, 0) is 4.79 Å². The molecule has 0 saturated carbocycles. The molecule has 0 bridgehead atoms. The van der Waals surface area contributed by atoms with Gasteiger partial charge in [-0.25, -0.2) is 0 Å². The molecule has 0 aliphatic heterocycles. The number of Topliss-reactive ketones (excluding diaryl/α,β-unsaturated/α-hetero) is 1. The summed E-state index contributed by atoms with van der Waals surface area (Å²) in [7, 11) is 0. The fourth-order valence-corrected chi connectivity index (χ4v) is 4.72. The number of benzene rings is 2. The number of hydrogen-bond acceptors (Lipinski definition) is 5. The summed E-state index contributed by atoms with van der Waals surface area (Å²) in [6.07, 6.45) is 15.9. The zero-order valence-corrected chi connectivity index (χ0v) is 22.7. The van der Waals surface area contributed by atoms with E-state index in [1.807, 2.05) is 36.4 Å². The summed E-state index contributed by atoms with van der Waals surface area (Å²) >= 11 is 0. The SMILES string of the molecule is CC(CCCCCCCCCCCCC(=O)O)CC/C(=C\c1ccccc1)C(=O)c1c(O)cc(O)cc1O. The van der Waals surface area contributed by atoms with Crippen molar-refractivity contribution in [3.05, 3.63) is 59.2 Å². The summed E-state index contributed by atoms with van der Waals surface area (Å²) in [6.45, 7) is 2.20. The molecule has 1 atom stereocenters. The first-order valence-corrected chi connectivity index (χ1v) is 14.0. The minimum Gasteiger partial charge on any atom is -0.508 e. The number of aromatic hydroxyl groups is 3. The van der Waals surface area contributed by atoms with Crippen molar-refractivity contribution in [1.82, 2.24) is 0 Å². The normalized spacial score (nSPS) is 12.4. The maximum absolute atomic E-state index is 13.3. The molecule has 2 rings (SSSR count). The van der Waals surface area contributed by atoms with E-state index in [4.69, 9.17) is 5.11 Å². The molecule has 0 amide bonds. The lowest BCUT2D eigenvalue weighted by molar-refractivity contribution is -0.137. The molecule has 38 heavy (non-hydrogen) atoms. The van der Waals surface area contributed by atoms with Gasteiger partial charge < -0.3 is 20.4 Å². The molecule has 2 aromatic rings. The minimum absolute atomic E-state index is 0.183. The van der Waals surface area contributed by atoms with Crippen molar-refractivity contribution in [2.24, 2.45) is 5.92 Å². The van der Waals surface area contributed by atoms with Gasteiger partial charge in [-0.3, -0.25) is 9.59 Å². The van der Waals surface area contributed by atoms with Crippen LogP contribution in [-0.4, -0.2) is 32.2 Å². The Balaban J connectivity index is 1.76. The number of phenolic OH excluding ortho intramolecular Hbond substituents is 3. The smallest absolute Gasteiger partial charge is 0.303 e. The van der Waals surface area contributed by atoms with Gasteiger partial charge in [-0.15, -0.1) is 0 Å². The van der Waals surface area contributed by atoms with E-state index >= 15 is 0 Å². The topological polar surface area (TPSA) is 115 Å². The van der Waals surface area contributed by atoms with Gasteiger partial charge in [-0.2, -0.15) is 0 Å². The third-order valence-corrected chi connectivity index (χ3v) is 6.98. The van der Waals surface area contributed by atoms with E-state index in [2.05, 4.69) is 6.92 Å². The number of hydrogen-bond donors (Lipinski definition) is 4. The Kier molecular flexibility index (Phi) is 14.1. The summed E-state index contributed by atoms with van der Waals surface area (Å²) in [5, 5.41) is 38.7. The first-order chi connectivity index (χ1) is 18.3. The lowest BCUT2D eigenvalue weighted by atomic mass is 9.91. The summed E-state index contributed by atoms with van der Waals surface area (Å²) < 4.78 is 0. The standard InChI is InChI=1S/C32H44O6/c1-24(15-11-8-6-4-2-3-5-7-9-14-18-30(36)37)19-20-26(21-25-16-12-10-13-17-25)32(38)31-28(34)22-27(33)23-29(31)35/h10,12-13,16-17,21-24,33-35H,2-9,11,14-15,18-20H2,1H3,(H,36,37)/b26-21+. The van der Waals surface area contributed by atoms with Crippen molar-refractivity contribution in [1.29, 1.82) is 0 Å². The molecule has 0 radical (unpaired) electrons. The van der Waals surface area contributed by atoms with Crippen molar-refractivity contribution in [3.8, 4) is 17.2 Å². The second-order valence-electron chi connectivity index (χ2n) is 10.4. The number of aliphatic carboxylic acids is 1. The van der Waals surface area contributed by atoms with Crippen LogP contribution in [0, 0.1) is 5.92 Å². The highest BCUT2D eigenvalue weighted by Gasteiger charge is 2.22. The molecule has 6 heteroatoms. The number of carbonyl (C=O) groups excluding carboxylic acids is 1. The predicted octanol–water partition coefficient (Wildman–Crippen LogP) is 8.25. The highest BCUT2D eigenvalue weighted by molar-refractivity contribution is 6.14. The number of carbonyl (C=O) groups is 2. The number of carboxylic acids is 1. The van der Waals surface area contributed by atoms with E-state index in [0.29, 0.717) is 17.9 Å². The molecular weight excluding hydrogens is 480 g/mol. The molecule has 208 valence electrons. The third-order valence-electron chi connectivity index (χ3n) is 6.98. The number of allylic oxidation sites excluding steroid dienone is 1. The van der Waals surface area contributed by atoms with E-state index in [1.54, 1.807) is 0 Å². The maximum Gasteiger partial charge on any atom is 0.303 e. The fraction of sp³-hybridized carbons (Fsp3) is 0.500. The molecule has 6 nitrogen and oxygen atoms in total. The molecule has 0 heterocycles. The molecular formula is C32H44O6. The van der Waals surface area contributed by atoms with Gasteiger partial charge in [0.1, 0.15) is 22.8 Å². The van der Waals surface area contributed by atoms with Gasteiger partial charge in [-0.1, -0.05) is 101 Å². The van der Waals surface area contributed by atoms with E-state index in [0.717, 1.165) is 56.2 Å². The Morgan fingerprint density at radius 2 is 1.26 bits per heavy atom. The quantitative estimate of drug-likeness (QED) is 0.0835. The van der Waals surface area contributed by atoms with Crippen molar-refractivity contribution < 1.29 is 30.0 Å². The van der Waals surface area contributed by atoms with Crippen LogP contribution in [0.4, 0.5) is 0 Å². The van der Waals surface area contributed by atoms with Crippen molar-refractivity contribution in [3.63, 3.8) is 0 Å². The van der Waals surface area contributed by atoms with Crippen LogP contribution < -0.4 is 0 Å². The maximum atomic E-state index is 13.3. The van der Waals surface area contributed by atoms with Crippen LogP contribution in [0.25, 0.3) is 6.08 Å². The number of ketones is 1. The summed E-state index contributed by atoms with van der Waals surface area (Å²) in [5.74, 6) is -1.86. The first kappa shape index (κ1) is 30.9. The number of unbranched alkanes of at least 4 members (excludes halogenated alkanes) is 9. The van der Waals surface area contributed by atoms with Crippen LogP contribution in [0.1, 0.15) is 113 Å². The van der Waals surface area contributed by atoms with Crippen molar-refractivity contribution in [2.45, 2.75) is 96.8 Å². The zero-order valence-electron chi connectivity index (χ0n) is 22.7. The Bertz CT molecular complexity index is 1000. The number of rotatable bonds is 19. The van der Waals surface area contributed by atoms with Crippen molar-refractivity contribution in [2.75, 3.05) is 0 Å². The highest BCUT2D eigenvalue weighted by atomic mass is 16.4. The second kappa shape index (κ2) is 17.3. The van der Waals surface area contributed by atoms with E-state index < -0.39 is 23.3 Å². The molecule has 1 unspecified atom stereocenters. The zero-order chi connectivity index (χ0) is 27.8. The average Bonchev–Trinajstić information content (AvgIpc) is 2.86. The van der Waals surface area contributed by atoms with Gasteiger partial charge in [0, 0.05) is 24.1 Å². The second-order valence-corrected chi connectivity index (χ2v) is 10.4. The van der Waals surface area contributed by atoms with Crippen LogP contribution in [0.15, 0.2) is 48.0 Å². The lowest BCUT2D eigenvalue weighted by Gasteiger charge is -2.14. The van der Waals surface area contributed by atoms with Gasteiger partial charge in [-0.05, 0) is 36.8 Å². The van der Waals surface area contributed by atoms with Crippen LogP contribution in [0.5, 0.6) is 17.2 Å². The molecule has 0 aromatic heterocycles. The number of phenols is 3. The molecule has 4 N–H and O–H groups in total. The highest BCUT2D eigenvalue weighted by Crippen LogP contribution is 2.35. The molecule has 0 spiro atoms. The summed E-state index contributed by atoms with van der Waals surface area (Å²) in [4.78, 5) is 23.8. The lowest BCUT2D eigenvalue weighted by Crippen LogP contribution is -2.07. The van der Waals surface area contributed by atoms with Gasteiger partial charge in [0.15, 0.2) is 5.78 Å². The van der Waals surface area contributed by atoms with E-state index in [-0.39, 0.29) is 17.7 Å². The number of carboxylic acid groups (broad SMARTS) is 1. The Morgan fingerprint density at radius 1 is 0.737 bits per heavy atom. The molecule has 0 fully saturated rings. The minimum atomic E-state index is -0.702. The Hall–Kier alpha value is -3.28.